The van der Waals surface area contributed by atoms with Crippen LogP contribution in [0.4, 0.5) is 5.69 Å². The zero-order valence-electron chi connectivity index (χ0n) is 12.4. The molecule has 2 rings (SSSR count). The van der Waals surface area contributed by atoms with E-state index in [-0.39, 0.29) is 0 Å². The summed E-state index contributed by atoms with van der Waals surface area (Å²) in [5, 5.41) is 3.39. The normalized spacial score (nSPS) is 14.9. The first-order chi connectivity index (χ1) is 9.90. The fourth-order valence-electron chi connectivity index (χ4n) is 2.42. The molecule has 0 unspecified atom stereocenters. The molecule has 0 saturated carbocycles. The van der Waals surface area contributed by atoms with Crippen LogP contribution in [-0.4, -0.2) is 46.6 Å². The van der Waals surface area contributed by atoms with Gasteiger partial charge >= 0.3 is 0 Å². The molecule has 1 N–H and O–H groups in total. The van der Waals surface area contributed by atoms with Gasteiger partial charge in [-0.25, -0.2) is 0 Å². The summed E-state index contributed by atoms with van der Waals surface area (Å²) in [5.41, 5.74) is 2.68. The fraction of sp³-hybridized carbons (Fsp3) is 0.625. The molecular weight excluding hydrogens is 252 g/mol. The van der Waals surface area contributed by atoms with Gasteiger partial charge in [0.25, 0.3) is 0 Å². The van der Waals surface area contributed by atoms with Crippen molar-refractivity contribution >= 4 is 5.69 Å². The van der Waals surface area contributed by atoms with Crippen LogP contribution in [0, 0.1) is 0 Å². The summed E-state index contributed by atoms with van der Waals surface area (Å²) < 4.78 is 10.3. The van der Waals surface area contributed by atoms with Crippen LogP contribution in [0.2, 0.25) is 0 Å². The molecule has 0 aromatic heterocycles. The highest BCUT2D eigenvalue weighted by Gasteiger charge is 2.11. The van der Waals surface area contributed by atoms with E-state index < -0.39 is 0 Å². The predicted octanol–water partition coefficient (Wildman–Crippen LogP) is 2.04. The quantitative estimate of drug-likeness (QED) is 0.701. The maximum atomic E-state index is 5.40. The van der Waals surface area contributed by atoms with Gasteiger partial charge in [-0.15, -0.1) is 0 Å². The average Bonchev–Trinajstić information content (AvgIpc) is 3.01. The molecule has 4 nitrogen and oxygen atoms in total. The Morgan fingerprint density at radius 2 is 1.80 bits per heavy atom. The Hall–Kier alpha value is -1.10. The molecule has 0 bridgehead atoms. The minimum absolute atomic E-state index is 0.665. The van der Waals surface area contributed by atoms with Crippen molar-refractivity contribution in [1.29, 1.82) is 0 Å². The van der Waals surface area contributed by atoms with Crippen molar-refractivity contribution in [3.8, 4) is 0 Å². The monoisotopic (exact) mass is 278 g/mol. The molecule has 0 amide bonds. The molecule has 1 aliphatic rings. The van der Waals surface area contributed by atoms with E-state index in [2.05, 4.69) is 34.5 Å². The largest absolute Gasteiger partial charge is 0.382 e. The van der Waals surface area contributed by atoms with Crippen molar-refractivity contribution in [2.24, 2.45) is 0 Å². The third-order valence-electron chi connectivity index (χ3n) is 3.59. The van der Waals surface area contributed by atoms with Crippen LogP contribution in [-0.2, 0) is 16.0 Å². The Kier molecular flexibility index (Phi) is 6.84. The molecule has 1 saturated heterocycles. The molecule has 112 valence electrons. The number of hydrogen-bond acceptors (Lipinski definition) is 4. The van der Waals surface area contributed by atoms with Crippen LogP contribution in [0.3, 0.4) is 0 Å². The molecule has 1 heterocycles. The second kappa shape index (κ2) is 8.95. The van der Waals surface area contributed by atoms with E-state index in [0.29, 0.717) is 13.2 Å². The first kappa shape index (κ1) is 15.3. The highest BCUT2D eigenvalue weighted by molar-refractivity contribution is 5.48. The molecule has 0 atom stereocenters. The predicted molar refractivity (Wildman–Crippen MR) is 82.3 cm³/mol. The molecule has 1 aromatic rings. The number of nitrogens with zero attached hydrogens (tertiary/aromatic N) is 1. The fourth-order valence-corrected chi connectivity index (χ4v) is 2.42. The lowest BCUT2D eigenvalue weighted by Crippen LogP contribution is -2.20. The van der Waals surface area contributed by atoms with Gasteiger partial charge in [-0.2, -0.15) is 0 Å². The van der Waals surface area contributed by atoms with Crippen molar-refractivity contribution in [1.82, 2.24) is 5.32 Å². The Labute approximate surface area is 122 Å². The Morgan fingerprint density at radius 1 is 1.05 bits per heavy atom. The lowest BCUT2D eigenvalue weighted by molar-refractivity contribution is 0.0719. The number of hydrogen-bond donors (Lipinski definition) is 1. The first-order valence-corrected chi connectivity index (χ1v) is 7.51. The third-order valence-corrected chi connectivity index (χ3v) is 3.59. The number of anilines is 1. The molecule has 1 fully saturated rings. The topological polar surface area (TPSA) is 33.7 Å². The Morgan fingerprint density at radius 3 is 2.50 bits per heavy atom. The molecule has 0 spiro atoms. The summed E-state index contributed by atoms with van der Waals surface area (Å²) in [5.74, 6) is 0. The van der Waals surface area contributed by atoms with E-state index in [9.17, 15) is 0 Å². The van der Waals surface area contributed by atoms with E-state index >= 15 is 0 Å². The lowest BCUT2D eigenvalue weighted by atomic mass is 10.2. The highest BCUT2D eigenvalue weighted by atomic mass is 16.5. The van der Waals surface area contributed by atoms with Gasteiger partial charge in [0.2, 0.25) is 0 Å². The SMILES string of the molecule is COCCOCCNCc1ccc(N2CCCC2)cc1. The minimum atomic E-state index is 0.665. The maximum Gasteiger partial charge on any atom is 0.0700 e. The zero-order chi connectivity index (χ0) is 14.0. The van der Waals surface area contributed by atoms with E-state index in [1.165, 1.54) is 37.2 Å². The number of methoxy groups -OCH3 is 1. The molecule has 1 aliphatic heterocycles. The van der Waals surface area contributed by atoms with Crippen LogP contribution in [0.25, 0.3) is 0 Å². The Bertz CT molecular complexity index is 361. The van der Waals surface area contributed by atoms with E-state index in [1.807, 2.05) is 0 Å². The molecular formula is C16H26N2O2. The zero-order valence-corrected chi connectivity index (χ0v) is 12.4. The van der Waals surface area contributed by atoms with Gasteiger partial charge in [0.1, 0.15) is 0 Å². The van der Waals surface area contributed by atoms with Crippen LogP contribution >= 0.6 is 0 Å². The van der Waals surface area contributed by atoms with E-state index in [1.54, 1.807) is 7.11 Å². The van der Waals surface area contributed by atoms with Crippen molar-refractivity contribution < 1.29 is 9.47 Å². The smallest absolute Gasteiger partial charge is 0.0700 e. The van der Waals surface area contributed by atoms with Gasteiger partial charge in [-0.1, -0.05) is 12.1 Å². The van der Waals surface area contributed by atoms with E-state index in [4.69, 9.17) is 9.47 Å². The standard InChI is InChI=1S/C16H26N2O2/c1-19-12-13-20-11-8-17-14-15-4-6-16(7-5-15)18-9-2-3-10-18/h4-7,17H,2-3,8-14H2,1H3. The van der Waals surface area contributed by atoms with Crippen LogP contribution in [0.15, 0.2) is 24.3 Å². The van der Waals surface area contributed by atoms with Crippen molar-refractivity contribution in [2.45, 2.75) is 19.4 Å². The second-order valence-corrected chi connectivity index (χ2v) is 5.14. The van der Waals surface area contributed by atoms with Gasteiger partial charge in [0.15, 0.2) is 0 Å². The summed E-state index contributed by atoms with van der Waals surface area (Å²) in [6, 6.07) is 8.90. The number of ether oxygens (including phenoxy) is 2. The van der Waals surface area contributed by atoms with Crippen LogP contribution in [0.5, 0.6) is 0 Å². The van der Waals surface area contributed by atoms with Gasteiger partial charge in [0, 0.05) is 39.0 Å². The summed E-state index contributed by atoms with van der Waals surface area (Å²) in [6.07, 6.45) is 2.65. The summed E-state index contributed by atoms with van der Waals surface area (Å²) >= 11 is 0. The molecule has 20 heavy (non-hydrogen) atoms. The maximum absolute atomic E-state index is 5.40. The van der Waals surface area contributed by atoms with Gasteiger partial charge < -0.3 is 19.7 Å². The molecule has 0 radical (unpaired) electrons. The van der Waals surface area contributed by atoms with Gasteiger partial charge in [-0.05, 0) is 30.5 Å². The third kappa shape index (κ3) is 5.12. The lowest BCUT2D eigenvalue weighted by Gasteiger charge is -2.17. The average molecular weight is 278 g/mol. The van der Waals surface area contributed by atoms with Gasteiger partial charge in [-0.3, -0.25) is 0 Å². The number of rotatable bonds is 9. The second-order valence-electron chi connectivity index (χ2n) is 5.14. The molecule has 4 heteroatoms. The minimum Gasteiger partial charge on any atom is -0.382 e. The van der Waals surface area contributed by atoms with Crippen LogP contribution < -0.4 is 10.2 Å². The van der Waals surface area contributed by atoms with E-state index in [0.717, 1.165) is 19.7 Å². The van der Waals surface area contributed by atoms with Crippen LogP contribution in [0.1, 0.15) is 18.4 Å². The van der Waals surface area contributed by atoms with Gasteiger partial charge in [0.05, 0.1) is 19.8 Å². The van der Waals surface area contributed by atoms with Crippen molar-refractivity contribution in [2.75, 3.05) is 51.5 Å². The highest BCUT2D eigenvalue weighted by Crippen LogP contribution is 2.20. The van der Waals surface area contributed by atoms with Crippen molar-refractivity contribution in [3.05, 3.63) is 29.8 Å². The summed E-state index contributed by atoms with van der Waals surface area (Å²) in [4.78, 5) is 2.46. The molecule has 1 aromatic carbocycles. The molecule has 0 aliphatic carbocycles. The summed E-state index contributed by atoms with van der Waals surface area (Å²) in [7, 11) is 1.69. The number of nitrogens with one attached hydrogen (secondary N) is 1. The number of benzene rings is 1. The Balaban J connectivity index is 1.61. The first-order valence-electron chi connectivity index (χ1n) is 7.51. The van der Waals surface area contributed by atoms with Crippen molar-refractivity contribution in [3.63, 3.8) is 0 Å². The summed E-state index contributed by atoms with van der Waals surface area (Å²) in [6.45, 7) is 6.24.